The first-order chi connectivity index (χ1) is 7.58. The molecule has 2 N–H and O–H groups in total. The van der Waals surface area contributed by atoms with Crippen LogP contribution >= 0.6 is 0 Å². The van der Waals surface area contributed by atoms with Gasteiger partial charge in [-0.3, -0.25) is 4.79 Å². The molecule has 1 aromatic carbocycles. The summed E-state index contributed by atoms with van der Waals surface area (Å²) in [6, 6.07) is 3.43. The smallest absolute Gasteiger partial charge is 0.307 e. The topological polar surface area (TPSA) is 49.3 Å². The molecule has 16 heavy (non-hydrogen) atoms. The first-order valence-electron chi connectivity index (χ1n) is 4.99. The number of benzene rings is 1. The summed E-state index contributed by atoms with van der Waals surface area (Å²) in [4.78, 5) is 10.7. The minimum absolute atomic E-state index is 0.212. The van der Waals surface area contributed by atoms with E-state index in [-0.39, 0.29) is 6.04 Å². The lowest BCUT2D eigenvalue weighted by molar-refractivity contribution is -0.141. The molecule has 86 valence electrons. The quantitative estimate of drug-likeness (QED) is 0.808. The van der Waals surface area contributed by atoms with E-state index in [2.05, 4.69) is 5.32 Å². The molecule has 5 heteroatoms. The first-order valence-corrected chi connectivity index (χ1v) is 4.99. The molecular formula is C11H11F2NO2. The lowest BCUT2D eigenvalue weighted by atomic mass is 10.00. The number of aliphatic carboxylic acids is 1. The minimum atomic E-state index is -0.905. The maximum absolute atomic E-state index is 13.0. The van der Waals surface area contributed by atoms with E-state index in [9.17, 15) is 13.6 Å². The summed E-state index contributed by atoms with van der Waals surface area (Å²) in [6.07, 6.45) is 0.403. The fourth-order valence-corrected chi connectivity index (χ4v) is 1.91. The van der Waals surface area contributed by atoms with Crippen molar-refractivity contribution < 1.29 is 18.7 Å². The molecule has 0 radical (unpaired) electrons. The Balaban J connectivity index is 2.14. The van der Waals surface area contributed by atoms with Crippen LogP contribution in [0.25, 0.3) is 0 Å². The van der Waals surface area contributed by atoms with Gasteiger partial charge < -0.3 is 10.4 Å². The highest BCUT2D eigenvalue weighted by molar-refractivity contribution is 5.70. The van der Waals surface area contributed by atoms with Crippen molar-refractivity contribution in [3.05, 3.63) is 35.4 Å². The zero-order valence-corrected chi connectivity index (χ0v) is 8.41. The Morgan fingerprint density at radius 3 is 2.69 bits per heavy atom. The second-order valence-electron chi connectivity index (χ2n) is 3.91. The van der Waals surface area contributed by atoms with Gasteiger partial charge >= 0.3 is 5.97 Å². The second-order valence-corrected chi connectivity index (χ2v) is 3.91. The predicted octanol–water partition coefficient (Wildman–Crippen LogP) is 1.70. The Hall–Kier alpha value is -1.49. The van der Waals surface area contributed by atoms with Crippen LogP contribution in [-0.2, 0) is 4.79 Å². The van der Waals surface area contributed by atoms with Crippen LogP contribution in [0.15, 0.2) is 18.2 Å². The van der Waals surface area contributed by atoms with Crippen LogP contribution in [0.1, 0.15) is 18.0 Å². The first kappa shape index (κ1) is 11.0. The highest BCUT2D eigenvalue weighted by Crippen LogP contribution is 2.28. The highest BCUT2D eigenvalue weighted by atomic mass is 19.2. The van der Waals surface area contributed by atoms with Gasteiger partial charge in [-0.15, -0.1) is 0 Å². The molecule has 1 heterocycles. The molecule has 2 rings (SSSR count). The number of hydrogen-bond acceptors (Lipinski definition) is 2. The fraction of sp³-hybridized carbons (Fsp3) is 0.364. The van der Waals surface area contributed by atoms with Gasteiger partial charge in [0.05, 0.1) is 5.92 Å². The largest absolute Gasteiger partial charge is 0.481 e. The normalized spacial score (nSPS) is 24.6. The van der Waals surface area contributed by atoms with Crippen molar-refractivity contribution in [2.75, 3.05) is 6.54 Å². The van der Waals surface area contributed by atoms with Crippen LogP contribution in [0, 0.1) is 17.6 Å². The van der Waals surface area contributed by atoms with Crippen molar-refractivity contribution in [1.29, 1.82) is 0 Å². The maximum Gasteiger partial charge on any atom is 0.307 e. The van der Waals surface area contributed by atoms with Gasteiger partial charge in [0.1, 0.15) is 0 Å². The number of carbonyl (C=O) groups is 1. The number of hydrogen-bond donors (Lipinski definition) is 2. The minimum Gasteiger partial charge on any atom is -0.481 e. The van der Waals surface area contributed by atoms with Crippen molar-refractivity contribution >= 4 is 5.97 Å². The van der Waals surface area contributed by atoms with E-state index in [1.807, 2.05) is 0 Å². The van der Waals surface area contributed by atoms with Crippen molar-refractivity contribution in [2.24, 2.45) is 5.92 Å². The molecule has 2 unspecified atom stereocenters. The summed E-state index contributed by atoms with van der Waals surface area (Å²) in [6.45, 7) is 0.360. The molecule has 2 atom stereocenters. The van der Waals surface area contributed by atoms with E-state index >= 15 is 0 Å². The summed E-state index contributed by atoms with van der Waals surface area (Å²) < 4.78 is 25.7. The number of carboxylic acid groups (broad SMARTS) is 1. The molecule has 1 fully saturated rings. The van der Waals surface area contributed by atoms with Gasteiger partial charge in [-0.05, 0) is 24.1 Å². The maximum atomic E-state index is 13.0. The summed E-state index contributed by atoms with van der Waals surface area (Å²) in [7, 11) is 0. The molecule has 0 spiro atoms. The van der Waals surface area contributed by atoms with E-state index in [1.54, 1.807) is 0 Å². The summed E-state index contributed by atoms with van der Waals surface area (Å²) in [5, 5.41) is 11.8. The Bertz CT molecular complexity index is 422. The Morgan fingerprint density at radius 1 is 1.38 bits per heavy atom. The molecular weight excluding hydrogens is 216 g/mol. The standard InChI is InChI=1S/C11H11F2NO2/c12-8-2-1-6(3-9(8)13)10-4-7(5-14-10)11(15)16/h1-3,7,10,14H,4-5H2,(H,15,16). The average molecular weight is 227 g/mol. The molecule has 3 nitrogen and oxygen atoms in total. The monoisotopic (exact) mass is 227 g/mol. The van der Waals surface area contributed by atoms with Crippen LogP contribution < -0.4 is 5.32 Å². The third-order valence-corrected chi connectivity index (χ3v) is 2.83. The molecule has 0 aliphatic carbocycles. The van der Waals surface area contributed by atoms with E-state index in [1.165, 1.54) is 6.07 Å². The van der Waals surface area contributed by atoms with Crippen molar-refractivity contribution in [1.82, 2.24) is 5.32 Å². The number of rotatable bonds is 2. The molecule has 1 aliphatic heterocycles. The number of carboxylic acids is 1. The summed E-state index contributed by atoms with van der Waals surface area (Å²) >= 11 is 0. The van der Waals surface area contributed by atoms with Crippen LogP contribution in [0.5, 0.6) is 0 Å². The molecule has 1 aliphatic rings. The van der Waals surface area contributed by atoms with Crippen molar-refractivity contribution in [3.63, 3.8) is 0 Å². The zero-order chi connectivity index (χ0) is 11.7. The number of nitrogens with one attached hydrogen (secondary N) is 1. The van der Waals surface area contributed by atoms with E-state index < -0.39 is 23.5 Å². The Kier molecular flexibility index (Phi) is 2.87. The van der Waals surface area contributed by atoms with Crippen molar-refractivity contribution in [2.45, 2.75) is 12.5 Å². The summed E-state index contributed by atoms with van der Waals surface area (Å²) in [5.41, 5.74) is 0.586. The number of halogens is 2. The van der Waals surface area contributed by atoms with Crippen LogP contribution in [-0.4, -0.2) is 17.6 Å². The van der Waals surface area contributed by atoms with Crippen LogP contribution in [0.2, 0.25) is 0 Å². The van der Waals surface area contributed by atoms with Gasteiger partial charge in [0.15, 0.2) is 11.6 Å². The fourth-order valence-electron chi connectivity index (χ4n) is 1.91. The Morgan fingerprint density at radius 2 is 2.12 bits per heavy atom. The SMILES string of the molecule is O=C(O)C1CNC(c2ccc(F)c(F)c2)C1. The van der Waals surface area contributed by atoms with Gasteiger partial charge in [0.2, 0.25) is 0 Å². The van der Waals surface area contributed by atoms with E-state index in [0.29, 0.717) is 18.5 Å². The molecule has 0 aromatic heterocycles. The van der Waals surface area contributed by atoms with Gasteiger partial charge in [-0.25, -0.2) is 8.78 Å². The molecule has 1 aromatic rings. The van der Waals surface area contributed by atoms with Crippen LogP contribution in [0.4, 0.5) is 8.78 Å². The molecule has 0 bridgehead atoms. The van der Waals surface area contributed by atoms with Crippen LogP contribution in [0.3, 0.4) is 0 Å². The van der Waals surface area contributed by atoms with Gasteiger partial charge in [-0.2, -0.15) is 0 Å². The highest BCUT2D eigenvalue weighted by Gasteiger charge is 2.30. The summed E-state index contributed by atoms with van der Waals surface area (Å²) in [5.74, 6) is -3.12. The van der Waals surface area contributed by atoms with Gasteiger partial charge in [-0.1, -0.05) is 6.07 Å². The molecule has 0 saturated carbocycles. The van der Waals surface area contributed by atoms with E-state index in [4.69, 9.17) is 5.11 Å². The Labute approximate surface area is 91.1 Å². The average Bonchev–Trinajstić information content (AvgIpc) is 2.71. The van der Waals surface area contributed by atoms with E-state index in [0.717, 1.165) is 12.1 Å². The third kappa shape index (κ3) is 2.04. The lowest BCUT2D eigenvalue weighted by Crippen LogP contribution is -2.17. The lowest BCUT2D eigenvalue weighted by Gasteiger charge is -2.10. The third-order valence-electron chi connectivity index (χ3n) is 2.83. The van der Waals surface area contributed by atoms with Gasteiger partial charge in [0.25, 0.3) is 0 Å². The van der Waals surface area contributed by atoms with Gasteiger partial charge in [0, 0.05) is 12.6 Å². The molecule has 0 amide bonds. The van der Waals surface area contributed by atoms with Crippen molar-refractivity contribution in [3.8, 4) is 0 Å². The zero-order valence-electron chi connectivity index (χ0n) is 8.41. The predicted molar refractivity (Wildman–Crippen MR) is 52.8 cm³/mol. The molecule has 1 saturated heterocycles. The second kappa shape index (κ2) is 4.17.